The summed E-state index contributed by atoms with van der Waals surface area (Å²) >= 11 is 0. The average molecular weight is 368 g/mol. The van der Waals surface area contributed by atoms with Crippen LogP contribution in [0.5, 0.6) is 0 Å². The summed E-state index contributed by atoms with van der Waals surface area (Å²) in [7, 11) is -3.19. The van der Waals surface area contributed by atoms with Crippen LogP contribution >= 0.6 is 0 Å². The van der Waals surface area contributed by atoms with Gasteiger partial charge in [-0.2, -0.15) is 0 Å². The number of hydrogen-bond acceptors (Lipinski definition) is 4. The van der Waals surface area contributed by atoms with E-state index in [1.54, 1.807) is 0 Å². The molecule has 1 aliphatic heterocycles. The van der Waals surface area contributed by atoms with E-state index in [4.69, 9.17) is 0 Å². The number of nitrogens with one attached hydrogen (secondary N) is 1. The lowest BCUT2D eigenvalue weighted by atomic mass is 9.98. The molecule has 0 spiro atoms. The van der Waals surface area contributed by atoms with Gasteiger partial charge in [-0.3, -0.25) is 9.69 Å². The smallest absolute Gasteiger partial charge is 0.244 e. The van der Waals surface area contributed by atoms with Crippen molar-refractivity contribution >= 4 is 15.9 Å². The summed E-state index contributed by atoms with van der Waals surface area (Å²) in [5.41, 5.74) is 0.994. The molecule has 1 fully saturated rings. The van der Waals surface area contributed by atoms with Gasteiger partial charge in [0.05, 0.1) is 6.26 Å². The Morgan fingerprint density at radius 3 is 2.24 bits per heavy atom. The predicted octanol–water partition coefficient (Wildman–Crippen LogP) is 1.61. The van der Waals surface area contributed by atoms with Gasteiger partial charge in [-0.15, -0.1) is 0 Å². The molecular formula is C18H29N3O3S. The zero-order chi connectivity index (χ0) is 18.4. The quantitative estimate of drug-likeness (QED) is 0.795. The van der Waals surface area contributed by atoms with Crippen molar-refractivity contribution in [2.24, 2.45) is 0 Å². The molecule has 0 bridgehead atoms. The Labute approximate surface area is 151 Å². The van der Waals surface area contributed by atoms with Crippen molar-refractivity contribution in [2.45, 2.75) is 38.8 Å². The Hall–Kier alpha value is -1.44. The lowest BCUT2D eigenvalue weighted by molar-refractivity contribution is -0.137. The Morgan fingerprint density at radius 2 is 1.76 bits per heavy atom. The van der Waals surface area contributed by atoms with Crippen LogP contribution in [0.1, 0.15) is 38.3 Å². The maximum absolute atomic E-state index is 13.1. The first-order chi connectivity index (χ1) is 11.9. The summed E-state index contributed by atoms with van der Waals surface area (Å²) < 4.78 is 25.5. The zero-order valence-corrected chi connectivity index (χ0v) is 16.1. The number of carbonyl (C=O) groups is 1. The van der Waals surface area contributed by atoms with E-state index in [0.717, 1.165) is 5.56 Å². The minimum Gasteiger partial charge on any atom is -0.342 e. The minimum absolute atomic E-state index is 0.0498. The highest BCUT2D eigenvalue weighted by atomic mass is 32.2. The van der Waals surface area contributed by atoms with E-state index in [0.29, 0.717) is 39.0 Å². The van der Waals surface area contributed by atoms with Gasteiger partial charge in [0.2, 0.25) is 15.9 Å². The van der Waals surface area contributed by atoms with E-state index in [9.17, 15) is 13.2 Å². The van der Waals surface area contributed by atoms with Crippen LogP contribution < -0.4 is 4.72 Å². The second kappa shape index (κ2) is 8.78. The summed E-state index contributed by atoms with van der Waals surface area (Å²) in [6.45, 7) is 6.74. The third-order valence-corrected chi connectivity index (χ3v) is 5.46. The molecule has 6 nitrogen and oxygen atoms in total. The number of likely N-dealkylation sites (N-methyl/N-ethyl adjacent to an activating group) is 1. The van der Waals surface area contributed by atoms with Crippen LogP contribution in [0.3, 0.4) is 0 Å². The fourth-order valence-corrected chi connectivity index (χ4v) is 4.27. The highest BCUT2D eigenvalue weighted by Crippen LogP contribution is 2.27. The number of rotatable bonds is 7. The van der Waals surface area contributed by atoms with Gasteiger partial charge in [-0.05, 0) is 32.3 Å². The fourth-order valence-electron chi connectivity index (χ4n) is 3.43. The van der Waals surface area contributed by atoms with Crippen LogP contribution in [0.4, 0.5) is 0 Å². The Morgan fingerprint density at radius 1 is 1.20 bits per heavy atom. The average Bonchev–Trinajstić information content (AvgIpc) is 2.57. The number of carbonyl (C=O) groups excluding carboxylic acids is 1. The van der Waals surface area contributed by atoms with Crippen LogP contribution in [-0.2, 0) is 14.8 Å². The molecule has 0 unspecified atom stereocenters. The SMILES string of the molecule is CCN(CC)C(=O)[C@@H](c1ccccc1)N1CCC(NS(C)(=O)=O)CC1. The van der Waals surface area contributed by atoms with E-state index >= 15 is 0 Å². The van der Waals surface area contributed by atoms with Crippen LogP contribution in [-0.4, -0.2) is 62.6 Å². The number of sulfonamides is 1. The molecular weight excluding hydrogens is 338 g/mol. The van der Waals surface area contributed by atoms with E-state index in [-0.39, 0.29) is 18.0 Å². The molecule has 2 rings (SSSR count). The molecule has 1 saturated heterocycles. The van der Waals surface area contributed by atoms with E-state index in [1.807, 2.05) is 49.1 Å². The number of benzene rings is 1. The normalized spacial score (nSPS) is 18.0. The highest BCUT2D eigenvalue weighted by molar-refractivity contribution is 7.88. The molecule has 0 radical (unpaired) electrons. The maximum atomic E-state index is 13.1. The van der Waals surface area contributed by atoms with E-state index < -0.39 is 10.0 Å². The lowest BCUT2D eigenvalue weighted by Gasteiger charge is -2.38. The molecule has 7 heteroatoms. The second-order valence-electron chi connectivity index (χ2n) is 6.52. The van der Waals surface area contributed by atoms with Gasteiger partial charge in [-0.1, -0.05) is 30.3 Å². The Balaban J connectivity index is 2.16. The van der Waals surface area contributed by atoms with Gasteiger partial charge in [0.15, 0.2) is 0 Å². The van der Waals surface area contributed by atoms with Gasteiger partial charge in [-0.25, -0.2) is 13.1 Å². The molecule has 25 heavy (non-hydrogen) atoms. The van der Waals surface area contributed by atoms with Gasteiger partial charge in [0.25, 0.3) is 0 Å². The van der Waals surface area contributed by atoms with Crippen molar-refractivity contribution < 1.29 is 13.2 Å². The Kier molecular flexibility index (Phi) is 6.98. The second-order valence-corrected chi connectivity index (χ2v) is 8.30. The standard InChI is InChI=1S/C18H29N3O3S/c1-4-20(5-2)18(22)17(15-9-7-6-8-10-15)21-13-11-16(12-14-21)19-25(3,23)24/h6-10,16-17,19H,4-5,11-14H2,1-3H3/t17-/m1/s1. The molecule has 1 aromatic rings. The molecule has 1 amide bonds. The van der Waals surface area contributed by atoms with Crippen LogP contribution in [0.2, 0.25) is 0 Å². The number of likely N-dealkylation sites (tertiary alicyclic amines) is 1. The molecule has 0 aromatic heterocycles. The third kappa shape index (κ3) is 5.52. The van der Waals surface area contributed by atoms with Crippen molar-refractivity contribution in [2.75, 3.05) is 32.4 Å². The first-order valence-corrected chi connectivity index (χ1v) is 10.8. The van der Waals surface area contributed by atoms with Gasteiger partial charge >= 0.3 is 0 Å². The maximum Gasteiger partial charge on any atom is 0.244 e. The summed E-state index contributed by atoms with van der Waals surface area (Å²) in [5.74, 6) is 0.116. The lowest BCUT2D eigenvalue weighted by Crippen LogP contribution is -2.49. The molecule has 1 aromatic carbocycles. The largest absolute Gasteiger partial charge is 0.342 e. The highest BCUT2D eigenvalue weighted by Gasteiger charge is 2.33. The minimum atomic E-state index is -3.19. The molecule has 0 aliphatic carbocycles. The zero-order valence-electron chi connectivity index (χ0n) is 15.3. The molecule has 140 valence electrons. The van der Waals surface area contributed by atoms with Gasteiger partial charge in [0.1, 0.15) is 6.04 Å². The summed E-state index contributed by atoms with van der Waals surface area (Å²) in [6.07, 6.45) is 2.61. The van der Waals surface area contributed by atoms with Gasteiger partial charge in [0, 0.05) is 32.2 Å². The van der Waals surface area contributed by atoms with Crippen LogP contribution in [0.15, 0.2) is 30.3 Å². The number of amides is 1. The number of piperidine rings is 1. The molecule has 0 saturated carbocycles. The van der Waals surface area contributed by atoms with Gasteiger partial charge < -0.3 is 4.90 Å². The first-order valence-electron chi connectivity index (χ1n) is 8.90. The Bertz CT molecular complexity index is 651. The van der Waals surface area contributed by atoms with E-state index in [2.05, 4.69) is 9.62 Å². The van der Waals surface area contributed by atoms with E-state index in [1.165, 1.54) is 6.26 Å². The summed E-state index contributed by atoms with van der Waals surface area (Å²) in [4.78, 5) is 17.1. The topological polar surface area (TPSA) is 69.7 Å². The van der Waals surface area contributed by atoms with Crippen molar-refractivity contribution in [3.63, 3.8) is 0 Å². The third-order valence-electron chi connectivity index (χ3n) is 4.70. The summed E-state index contributed by atoms with van der Waals surface area (Å²) in [6, 6.07) is 9.49. The fraction of sp³-hybridized carbons (Fsp3) is 0.611. The van der Waals surface area contributed by atoms with Crippen LogP contribution in [0.25, 0.3) is 0 Å². The summed E-state index contributed by atoms with van der Waals surface area (Å²) in [5, 5.41) is 0. The molecule has 1 heterocycles. The molecule has 1 aliphatic rings. The monoisotopic (exact) mass is 367 g/mol. The predicted molar refractivity (Wildman–Crippen MR) is 99.7 cm³/mol. The molecule has 1 atom stereocenters. The van der Waals surface area contributed by atoms with Crippen molar-refractivity contribution in [3.05, 3.63) is 35.9 Å². The first kappa shape index (κ1) is 19.9. The van der Waals surface area contributed by atoms with Crippen LogP contribution in [0, 0.1) is 0 Å². The van der Waals surface area contributed by atoms with Crippen molar-refractivity contribution in [1.82, 2.24) is 14.5 Å². The van der Waals surface area contributed by atoms with Crippen molar-refractivity contribution in [1.29, 1.82) is 0 Å². The number of nitrogens with zero attached hydrogens (tertiary/aromatic N) is 2. The molecule has 1 N–H and O–H groups in total. The number of hydrogen-bond donors (Lipinski definition) is 1. The van der Waals surface area contributed by atoms with Crippen molar-refractivity contribution in [3.8, 4) is 0 Å².